The summed E-state index contributed by atoms with van der Waals surface area (Å²) in [5.41, 5.74) is 12.2. The molecule has 0 spiro atoms. The summed E-state index contributed by atoms with van der Waals surface area (Å²) in [6.45, 7) is 0. The van der Waals surface area contributed by atoms with E-state index in [-0.39, 0.29) is 6.04 Å². The van der Waals surface area contributed by atoms with Crippen LogP contribution in [0.25, 0.3) is 0 Å². The monoisotopic (exact) mass is 350 g/mol. The van der Waals surface area contributed by atoms with Crippen molar-refractivity contribution in [3.63, 3.8) is 0 Å². The van der Waals surface area contributed by atoms with Crippen molar-refractivity contribution < 1.29 is 0 Å². The zero-order valence-electron chi connectivity index (χ0n) is 12.1. The van der Waals surface area contributed by atoms with Gasteiger partial charge in [-0.05, 0) is 31.6 Å². The van der Waals surface area contributed by atoms with E-state index < -0.39 is 0 Å². The van der Waals surface area contributed by atoms with E-state index in [4.69, 9.17) is 5.73 Å². The molecule has 0 aliphatic heterocycles. The molecular weight excluding hydrogens is 332 g/mol. The number of nitrogens with two attached hydrogens (primary N) is 1. The van der Waals surface area contributed by atoms with Crippen LogP contribution in [0.15, 0.2) is 35.1 Å². The minimum Gasteiger partial charge on any atom is -0.327 e. The normalized spacial score (nSPS) is 14.0. The second-order valence-electron chi connectivity index (χ2n) is 5.27. The number of aromatic nitrogens is 3. The van der Waals surface area contributed by atoms with Crippen molar-refractivity contribution in [1.82, 2.24) is 15.0 Å². The molecule has 0 aliphatic rings. The Balaban J connectivity index is 1.64. The van der Waals surface area contributed by atoms with Crippen LogP contribution in [0.1, 0.15) is 21.1 Å². The van der Waals surface area contributed by atoms with Gasteiger partial charge in [0.15, 0.2) is 0 Å². The van der Waals surface area contributed by atoms with Crippen LogP contribution in [-0.2, 0) is 19.3 Å². The summed E-state index contributed by atoms with van der Waals surface area (Å²) >= 11 is 5.12. The van der Waals surface area contributed by atoms with Crippen LogP contribution in [-0.4, -0.2) is 21.0 Å². The van der Waals surface area contributed by atoms with Crippen LogP contribution in [0, 0.1) is 5.92 Å². The molecular formula is C15H18N4S3. The van der Waals surface area contributed by atoms with Crippen molar-refractivity contribution in [2.45, 2.75) is 31.7 Å². The van der Waals surface area contributed by atoms with Crippen LogP contribution >= 0.6 is 34.0 Å². The SMILES string of the molecule is NC(Cc1cncs1)C(CCc1cncs1)Cc1cncs1. The Kier molecular flexibility index (Phi) is 5.66. The maximum Gasteiger partial charge on any atom is 0.0794 e. The molecule has 3 aromatic rings. The quantitative estimate of drug-likeness (QED) is 0.676. The molecule has 2 N–H and O–H groups in total. The molecule has 3 heterocycles. The molecule has 2 atom stereocenters. The summed E-state index contributed by atoms with van der Waals surface area (Å²) in [7, 11) is 0. The molecule has 0 aliphatic carbocycles. The lowest BCUT2D eigenvalue weighted by atomic mass is 9.89. The van der Waals surface area contributed by atoms with Gasteiger partial charge in [0.05, 0.1) is 16.5 Å². The molecule has 0 saturated carbocycles. The minimum absolute atomic E-state index is 0.149. The number of thiazole rings is 3. The van der Waals surface area contributed by atoms with Crippen LogP contribution in [0.4, 0.5) is 0 Å². The molecule has 0 fully saturated rings. The molecule has 4 nitrogen and oxygen atoms in total. The zero-order valence-corrected chi connectivity index (χ0v) is 14.5. The van der Waals surface area contributed by atoms with E-state index in [2.05, 4.69) is 15.0 Å². The Morgan fingerprint density at radius 2 is 1.36 bits per heavy atom. The number of rotatable bonds is 8. The third-order valence-corrected chi connectivity index (χ3v) is 6.16. The number of aryl methyl sites for hydroxylation is 1. The van der Waals surface area contributed by atoms with Crippen molar-refractivity contribution in [3.05, 3.63) is 49.8 Å². The Morgan fingerprint density at radius 3 is 1.91 bits per heavy atom. The van der Waals surface area contributed by atoms with Crippen molar-refractivity contribution >= 4 is 34.0 Å². The first-order valence-electron chi connectivity index (χ1n) is 7.19. The third kappa shape index (κ3) is 4.42. The summed E-state index contributed by atoms with van der Waals surface area (Å²) in [5, 5.41) is 0. The highest BCUT2D eigenvalue weighted by Crippen LogP contribution is 2.23. The van der Waals surface area contributed by atoms with Gasteiger partial charge in [-0.2, -0.15) is 0 Å². The first-order chi connectivity index (χ1) is 10.8. The van der Waals surface area contributed by atoms with Crippen molar-refractivity contribution in [2.24, 2.45) is 11.7 Å². The number of hydrogen-bond acceptors (Lipinski definition) is 7. The van der Waals surface area contributed by atoms with E-state index in [1.54, 1.807) is 34.0 Å². The molecule has 22 heavy (non-hydrogen) atoms. The number of nitrogens with zero attached hydrogens (tertiary/aromatic N) is 3. The van der Waals surface area contributed by atoms with E-state index in [0.717, 1.165) is 25.7 Å². The fraction of sp³-hybridized carbons (Fsp3) is 0.400. The fourth-order valence-electron chi connectivity index (χ4n) is 2.50. The molecule has 3 rings (SSSR count). The summed E-state index contributed by atoms with van der Waals surface area (Å²) in [6, 6.07) is 0.149. The van der Waals surface area contributed by atoms with Gasteiger partial charge in [-0.1, -0.05) is 0 Å². The van der Waals surface area contributed by atoms with Crippen LogP contribution in [0.2, 0.25) is 0 Å². The Morgan fingerprint density at radius 1 is 0.818 bits per heavy atom. The molecule has 3 aromatic heterocycles. The number of hydrogen-bond donors (Lipinski definition) is 1. The largest absolute Gasteiger partial charge is 0.327 e. The first kappa shape index (κ1) is 15.7. The Labute approximate surface area is 142 Å². The summed E-state index contributed by atoms with van der Waals surface area (Å²) < 4.78 is 0. The van der Waals surface area contributed by atoms with Gasteiger partial charge < -0.3 is 5.73 Å². The van der Waals surface area contributed by atoms with Gasteiger partial charge in [-0.15, -0.1) is 34.0 Å². The summed E-state index contributed by atoms with van der Waals surface area (Å²) in [4.78, 5) is 16.4. The van der Waals surface area contributed by atoms with E-state index in [1.165, 1.54) is 14.6 Å². The first-order valence-corrected chi connectivity index (χ1v) is 9.83. The second kappa shape index (κ2) is 7.92. The van der Waals surface area contributed by atoms with E-state index in [1.807, 2.05) is 35.1 Å². The maximum absolute atomic E-state index is 6.52. The highest BCUT2D eigenvalue weighted by molar-refractivity contribution is 7.10. The molecule has 2 unspecified atom stereocenters. The van der Waals surface area contributed by atoms with Gasteiger partial charge >= 0.3 is 0 Å². The second-order valence-corrected chi connectivity index (χ2v) is 8.19. The van der Waals surface area contributed by atoms with Crippen LogP contribution in [0.3, 0.4) is 0 Å². The highest BCUT2D eigenvalue weighted by Gasteiger charge is 2.20. The Hall–Kier alpha value is -1.15. The molecule has 0 amide bonds. The van der Waals surface area contributed by atoms with Gasteiger partial charge in [-0.25, -0.2) is 0 Å². The van der Waals surface area contributed by atoms with Gasteiger partial charge in [0, 0.05) is 39.3 Å². The van der Waals surface area contributed by atoms with Gasteiger partial charge in [0.1, 0.15) is 0 Å². The highest BCUT2D eigenvalue weighted by atomic mass is 32.1. The predicted molar refractivity (Wildman–Crippen MR) is 93.5 cm³/mol. The smallest absolute Gasteiger partial charge is 0.0794 e. The standard InChI is InChI=1S/C15H18N4S3/c16-15(4-14-7-19-10-22-14)11(3-13-6-18-9-21-13)1-2-12-5-17-8-20-12/h5-11,15H,1-4,16H2. The van der Waals surface area contributed by atoms with Crippen molar-refractivity contribution in [2.75, 3.05) is 0 Å². The Bertz CT molecular complexity index is 634. The van der Waals surface area contributed by atoms with E-state index >= 15 is 0 Å². The lowest BCUT2D eigenvalue weighted by Crippen LogP contribution is -2.33. The molecule has 7 heteroatoms. The molecule has 116 valence electrons. The minimum atomic E-state index is 0.149. The lowest BCUT2D eigenvalue weighted by Gasteiger charge is -2.22. The van der Waals surface area contributed by atoms with E-state index in [0.29, 0.717) is 5.92 Å². The van der Waals surface area contributed by atoms with Crippen LogP contribution < -0.4 is 5.73 Å². The predicted octanol–water partition coefficient (Wildman–Crippen LogP) is 3.42. The van der Waals surface area contributed by atoms with Crippen molar-refractivity contribution in [1.29, 1.82) is 0 Å². The van der Waals surface area contributed by atoms with Crippen LogP contribution in [0.5, 0.6) is 0 Å². The third-order valence-electron chi connectivity index (χ3n) is 3.72. The maximum atomic E-state index is 6.52. The van der Waals surface area contributed by atoms with Gasteiger partial charge in [0.2, 0.25) is 0 Å². The lowest BCUT2D eigenvalue weighted by molar-refractivity contribution is 0.392. The van der Waals surface area contributed by atoms with Crippen molar-refractivity contribution in [3.8, 4) is 0 Å². The van der Waals surface area contributed by atoms with Gasteiger partial charge in [0.25, 0.3) is 0 Å². The fourth-order valence-corrected chi connectivity index (χ4v) is 4.48. The molecule has 0 aromatic carbocycles. The zero-order chi connectivity index (χ0) is 15.2. The van der Waals surface area contributed by atoms with Gasteiger partial charge in [-0.3, -0.25) is 15.0 Å². The molecule has 0 bridgehead atoms. The molecule has 0 radical (unpaired) electrons. The summed E-state index contributed by atoms with van der Waals surface area (Å²) in [6.07, 6.45) is 9.88. The molecule has 0 saturated heterocycles. The summed E-state index contributed by atoms with van der Waals surface area (Å²) in [5.74, 6) is 0.449. The average Bonchev–Trinajstić information content (AvgIpc) is 3.26. The average molecular weight is 351 g/mol. The topological polar surface area (TPSA) is 64.7 Å². The van der Waals surface area contributed by atoms with E-state index in [9.17, 15) is 0 Å².